The first-order valence-corrected chi connectivity index (χ1v) is 9.12. The molecule has 1 unspecified atom stereocenters. The monoisotopic (exact) mass is 352 g/mol. The molecule has 1 amide bonds. The Morgan fingerprint density at radius 1 is 1.20 bits per heavy atom. The molecule has 2 heterocycles. The molecular formula is C20H17FN2OS. The number of likely N-dealkylation sites (tertiary alicyclic amines) is 1. The number of amides is 1. The van der Waals surface area contributed by atoms with Gasteiger partial charge >= 0.3 is 0 Å². The van der Waals surface area contributed by atoms with Gasteiger partial charge in [0.1, 0.15) is 10.8 Å². The molecule has 0 spiro atoms. The fraction of sp³-hybridized carbons (Fsp3) is 0.200. The van der Waals surface area contributed by atoms with Crippen molar-refractivity contribution < 1.29 is 9.18 Å². The highest BCUT2D eigenvalue weighted by atomic mass is 32.1. The van der Waals surface area contributed by atoms with Gasteiger partial charge in [0.25, 0.3) is 0 Å². The number of carbonyl (C=O) groups is 1. The summed E-state index contributed by atoms with van der Waals surface area (Å²) in [6.45, 7) is 0.743. The molecule has 0 saturated carbocycles. The van der Waals surface area contributed by atoms with Gasteiger partial charge in [-0.2, -0.15) is 0 Å². The Hall–Kier alpha value is -2.53. The zero-order valence-corrected chi connectivity index (χ0v) is 14.4. The van der Waals surface area contributed by atoms with Crippen molar-refractivity contribution >= 4 is 33.5 Å². The molecule has 0 radical (unpaired) electrons. The van der Waals surface area contributed by atoms with Crippen molar-refractivity contribution in [1.82, 2.24) is 9.88 Å². The lowest BCUT2D eigenvalue weighted by Crippen LogP contribution is -2.28. The number of rotatable bonds is 3. The van der Waals surface area contributed by atoms with Crippen LogP contribution in [0.4, 0.5) is 4.39 Å². The molecule has 3 nitrogen and oxygen atoms in total. The molecule has 4 rings (SSSR count). The first kappa shape index (κ1) is 16.0. The van der Waals surface area contributed by atoms with Crippen LogP contribution >= 0.6 is 11.3 Å². The van der Waals surface area contributed by atoms with Gasteiger partial charge in [-0.3, -0.25) is 4.79 Å². The van der Waals surface area contributed by atoms with E-state index < -0.39 is 0 Å². The van der Waals surface area contributed by atoms with Gasteiger partial charge in [0.2, 0.25) is 5.91 Å². The van der Waals surface area contributed by atoms with Gasteiger partial charge in [-0.25, -0.2) is 9.37 Å². The summed E-state index contributed by atoms with van der Waals surface area (Å²) < 4.78 is 14.1. The van der Waals surface area contributed by atoms with Gasteiger partial charge in [-0.15, -0.1) is 11.3 Å². The number of hydrogen-bond donors (Lipinski definition) is 0. The van der Waals surface area contributed by atoms with E-state index in [-0.39, 0.29) is 17.8 Å². The third kappa shape index (κ3) is 3.33. The Balaban J connectivity index is 1.54. The number of carbonyl (C=O) groups excluding carboxylic acids is 1. The molecule has 0 aliphatic carbocycles. The fourth-order valence-electron chi connectivity index (χ4n) is 3.16. The first-order valence-electron chi connectivity index (χ1n) is 8.30. The molecule has 1 atom stereocenters. The first-order chi connectivity index (χ1) is 12.2. The second-order valence-corrected chi connectivity index (χ2v) is 7.16. The van der Waals surface area contributed by atoms with Crippen molar-refractivity contribution in [2.75, 3.05) is 6.54 Å². The minimum absolute atomic E-state index is 0.0221. The minimum atomic E-state index is -0.279. The Bertz CT molecular complexity index is 899. The van der Waals surface area contributed by atoms with Crippen molar-refractivity contribution in [1.29, 1.82) is 0 Å². The molecule has 25 heavy (non-hydrogen) atoms. The number of benzene rings is 2. The number of halogens is 1. The predicted molar refractivity (Wildman–Crippen MR) is 98.7 cm³/mol. The van der Waals surface area contributed by atoms with Gasteiger partial charge in [0.05, 0.1) is 16.3 Å². The zero-order valence-electron chi connectivity index (χ0n) is 13.6. The fourth-order valence-corrected chi connectivity index (χ4v) is 4.27. The highest BCUT2D eigenvalue weighted by Gasteiger charge is 2.31. The molecule has 1 aromatic heterocycles. The Morgan fingerprint density at radius 3 is 2.80 bits per heavy atom. The zero-order chi connectivity index (χ0) is 17.2. The second kappa shape index (κ2) is 6.76. The molecule has 0 bridgehead atoms. The van der Waals surface area contributed by atoms with Crippen molar-refractivity contribution in [3.05, 3.63) is 71.0 Å². The van der Waals surface area contributed by atoms with Crippen LogP contribution in [0.3, 0.4) is 0 Å². The minimum Gasteiger partial charge on any atom is -0.330 e. The maximum absolute atomic E-state index is 13.0. The Kier molecular flexibility index (Phi) is 4.32. The summed E-state index contributed by atoms with van der Waals surface area (Å²) in [5.41, 5.74) is 1.80. The maximum Gasteiger partial charge on any atom is 0.247 e. The van der Waals surface area contributed by atoms with E-state index in [0.717, 1.165) is 40.2 Å². The van der Waals surface area contributed by atoms with Gasteiger partial charge in [0.15, 0.2) is 0 Å². The van der Waals surface area contributed by atoms with E-state index in [9.17, 15) is 9.18 Å². The highest BCUT2D eigenvalue weighted by Crippen LogP contribution is 2.36. The number of hydrogen-bond acceptors (Lipinski definition) is 3. The van der Waals surface area contributed by atoms with E-state index in [1.807, 2.05) is 23.1 Å². The van der Waals surface area contributed by atoms with Gasteiger partial charge in [0, 0.05) is 12.6 Å². The van der Waals surface area contributed by atoms with Crippen LogP contribution in [0.1, 0.15) is 29.5 Å². The molecule has 126 valence electrons. The van der Waals surface area contributed by atoms with Crippen LogP contribution in [0, 0.1) is 5.82 Å². The van der Waals surface area contributed by atoms with Crippen LogP contribution in [0.25, 0.3) is 16.3 Å². The number of aromatic nitrogens is 1. The van der Waals surface area contributed by atoms with Crippen LogP contribution in [-0.2, 0) is 4.79 Å². The van der Waals surface area contributed by atoms with Crippen LogP contribution in [-0.4, -0.2) is 22.3 Å². The van der Waals surface area contributed by atoms with Crippen LogP contribution < -0.4 is 0 Å². The average molecular weight is 352 g/mol. The molecule has 1 aliphatic heterocycles. The van der Waals surface area contributed by atoms with Crippen molar-refractivity contribution in [3.8, 4) is 0 Å². The van der Waals surface area contributed by atoms with Gasteiger partial charge < -0.3 is 4.90 Å². The van der Waals surface area contributed by atoms with E-state index in [2.05, 4.69) is 6.07 Å². The van der Waals surface area contributed by atoms with E-state index in [4.69, 9.17) is 4.98 Å². The van der Waals surface area contributed by atoms with Crippen LogP contribution in [0.15, 0.2) is 54.6 Å². The molecular weight excluding hydrogens is 335 g/mol. The Labute approximate surface area is 149 Å². The Morgan fingerprint density at radius 2 is 2.00 bits per heavy atom. The number of fused-ring (bicyclic) bond motifs is 1. The summed E-state index contributed by atoms with van der Waals surface area (Å²) >= 11 is 1.66. The molecule has 5 heteroatoms. The predicted octanol–water partition coefficient (Wildman–Crippen LogP) is 4.81. The summed E-state index contributed by atoms with van der Waals surface area (Å²) in [5, 5.41) is 1.00. The number of thiazole rings is 1. The largest absolute Gasteiger partial charge is 0.330 e. The summed E-state index contributed by atoms with van der Waals surface area (Å²) in [6.07, 6.45) is 5.22. The SMILES string of the molecule is O=C(C=Cc1ccc(F)cc1)N1CCCC1c1nc2ccccc2s1. The van der Waals surface area contributed by atoms with E-state index >= 15 is 0 Å². The second-order valence-electron chi connectivity index (χ2n) is 6.09. The average Bonchev–Trinajstić information content (AvgIpc) is 3.27. The number of para-hydroxylation sites is 1. The summed E-state index contributed by atoms with van der Waals surface area (Å²) in [5.74, 6) is -0.301. The van der Waals surface area contributed by atoms with E-state index in [1.54, 1.807) is 35.6 Å². The van der Waals surface area contributed by atoms with Crippen LogP contribution in [0.2, 0.25) is 0 Å². The topological polar surface area (TPSA) is 33.2 Å². The van der Waals surface area contributed by atoms with Gasteiger partial charge in [-0.05, 0) is 48.7 Å². The van der Waals surface area contributed by atoms with Crippen molar-refractivity contribution in [2.45, 2.75) is 18.9 Å². The summed E-state index contributed by atoms with van der Waals surface area (Å²) in [6, 6.07) is 14.2. The standard InChI is InChI=1S/C20H17FN2OS/c21-15-10-7-14(8-11-15)9-12-19(24)23-13-3-5-17(23)20-22-16-4-1-2-6-18(16)25-20/h1-2,4,6-12,17H,3,5,13H2. The molecule has 1 saturated heterocycles. The van der Waals surface area contributed by atoms with Gasteiger partial charge in [-0.1, -0.05) is 24.3 Å². The van der Waals surface area contributed by atoms with E-state index in [0.29, 0.717) is 0 Å². The molecule has 2 aromatic carbocycles. The number of nitrogens with zero attached hydrogens (tertiary/aromatic N) is 2. The lowest BCUT2D eigenvalue weighted by molar-refractivity contribution is -0.126. The van der Waals surface area contributed by atoms with Crippen LogP contribution in [0.5, 0.6) is 0 Å². The molecule has 1 aliphatic rings. The molecule has 0 N–H and O–H groups in total. The maximum atomic E-state index is 13.0. The van der Waals surface area contributed by atoms with Crippen molar-refractivity contribution in [2.24, 2.45) is 0 Å². The van der Waals surface area contributed by atoms with E-state index in [1.165, 1.54) is 12.1 Å². The third-order valence-corrected chi connectivity index (χ3v) is 5.56. The molecule has 3 aromatic rings. The summed E-state index contributed by atoms with van der Waals surface area (Å²) in [7, 11) is 0. The normalized spacial score (nSPS) is 17.6. The third-order valence-electron chi connectivity index (χ3n) is 4.42. The lowest BCUT2D eigenvalue weighted by Gasteiger charge is -2.21. The van der Waals surface area contributed by atoms with Crippen molar-refractivity contribution in [3.63, 3.8) is 0 Å². The highest BCUT2D eigenvalue weighted by molar-refractivity contribution is 7.18. The smallest absolute Gasteiger partial charge is 0.247 e. The summed E-state index contributed by atoms with van der Waals surface area (Å²) in [4.78, 5) is 19.2. The quantitative estimate of drug-likeness (QED) is 0.634. The lowest BCUT2D eigenvalue weighted by atomic mass is 10.2. The molecule has 1 fully saturated rings.